The molecule has 0 bridgehead atoms. The number of nitrogens with two attached hydrogens (primary N) is 1. The number of anilines is 1. The van der Waals surface area contributed by atoms with Crippen LogP contribution in [0.5, 0.6) is 0 Å². The molecule has 1 aliphatic heterocycles. The lowest BCUT2D eigenvalue weighted by Gasteiger charge is -2.36. The minimum absolute atomic E-state index is 0.222. The van der Waals surface area contributed by atoms with E-state index in [4.69, 9.17) is 10.2 Å². The number of halogens is 1. The van der Waals surface area contributed by atoms with Gasteiger partial charge in [0.25, 0.3) is 0 Å². The summed E-state index contributed by atoms with van der Waals surface area (Å²) in [6.45, 7) is 3.43. The van der Waals surface area contributed by atoms with Crippen molar-refractivity contribution in [2.24, 2.45) is 10.7 Å². The fourth-order valence-corrected chi connectivity index (χ4v) is 3.21. The number of aliphatic imine (C=N–C) groups is 1. The number of hydrogen-bond acceptors (Lipinski definition) is 4. The van der Waals surface area contributed by atoms with E-state index in [-0.39, 0.29) is 5.82 Å². The summed E-state index contributed by atoms with van der Waals surface area (Å²) < 4.78 is 18.8. The number of aromatic nitrogens is 1. The molecule has 1 aromatic heterocycles. The van der Waals surface area contributed by atoms with Crippen molar-refractivity contribution >= 4 is 11.6 Å². The van der Waals surface area contributed by atoms with Gasteiger partial charge in [-0.2, -0.15) is 0 Å². The molecule has 2 heterocycles. The Morgan fingerprint density at radius 3 is 2.46 bits per heavy atom. The van der Waals surface area contributed by atoms with E-state index in [2.05, 4.69) is 14.9 Å². The van der Waals surface area contributed by atoms with Gasteiger partial charge in [-0.1, -0.05) is 30.3 Å². The molecule has 1 aliphatic rings. The van der Waals surface area contributed by atoms with Crippen molar-refractivity contribution in [1.29, 1.82) is 0 Å². The number of guanidine groups is 1. The van der Waals surface area contributed by atoms with Crippen molar-refractivity contribution in [2.45, 2.75) is 6.54 Å². The van der Waals surface area contributed by atoms with Crippen molar-refractivity contribution in [3.05, 3.63) is 72.5 Å². The predicted molar refractivity (Wildman–Crippen MR) is 107 cm³/mol. The SMILES string of the molecule is NC(=NCc1ncc(-c2ccccc2)o1)N1CCN(c2ccc(F)cc2)CC1. The fraction of sp³-hybridized carbons (Fsp3) is 0.238. The first kappa shape index (κ1) is 18.0. The molecular weight excluding hydrogens is 357 g/mol. The van der Waals surface area contributed by atoms with Crippen LogP contribution in [0.2, 0.25) is 0 Å². The van der Waals surface area contributed by atoms with E-state index >= 15 is 0 Å². The van der Waals surface area contributed by atoms with Crippen LogP contribution in [0.4, 0.5) is 10.1 Å². The van der Waals surface area contributed by atoms with Crippen LogP contribution in [0, 0.1) is 5.82 Å². The van der Waals surface area contributed by atoms with Gasteiger partial charge in [-0.3, -0.25) is 0 Å². The van der Waals surface area contributed by atoms with Gasteiger partial charge in [-0.15, -0.1) is 0 Å². The highest BCUT2D eigenvalue weighted by atomic mass is 19.1. The molecule has 0 spiro atoms. The van der Waals surface area contributed by atoms with E-state index in [1.165, 1.54) is 12.1 Å². The van der Waals surface area contributed by atoms with Gasteiger partial charge in [0.05, 0.1) is 6.20 Å². The smallest absolute Gasteiger partial charge is 0.216 e. The van der Waals surface area contributed by atoms with Crippen molar-refractivity contribution in [3.63, 3.8) is 0 Å². The van der Waals surface area contributed by atoms with E-state index in [9.17, 15) is 4.39 Å². The van der Waals surface area contributed by atoms with Gasteiger partial charge in [0.1, 0.15) is 12.4 Å². The molecule has 0 radical (unpaired) electrons. The first-order valence-electron chi connectivity index (χ1n) is 9.24. The normalized spacial score (nSPS) is 15.1. The number of piperazine rings is 1. The van der Waals surface area contributed by atoms with Crippen LogP contribution in [0.1, 0.15) is 5.89 Å². The molecule has 0 atom stereocenters. The molecule has 144 valence electrons. The number of nitrogens with zero attached hydrogens (tertiary/aromatic N) is 4. The number of rotatable bonds is 4. The number of oxazole rings is 1. The molecule has 6 nitrogen and oxygen atoms in total. The lowest BCUT2D eigenvalue weighted by atomic mass is 10.2. The average molecular weight is 379 g/mol. The van der Waals surface area contributed by atoms with Crippen molar-refractivity contribution in [3.8, 4) is 11.3 Å². The van der Waals surface area contributed by atoms with Gasteiger partial charge >= 0.3 is 0 Å². The van der Waals surface area contributed by atoms with Crippen molar-refractivity contribution in [1.82, 2.24) is 9.88 Å². The Labute approximate surface area is 163 Å². The molecule has 0 aliphatic carbocycles. The molecule has 0 unspecified atom stereocenters. The van der Waals surface area contributed by atoms with Crippen LogP contribution in [0.25, 0.3) is 11.3 Å². The first-order valence-corrected chi connectivity index (χ1v) is 9.24. The van der Waals surface area contributed by atoms with Crippen molar-refractivity contribution in [2.75, 3.05) is 31.1 Å². The molecule has 7 heteroatoms. The standard InChI is InChI=1S/C21H22FN5O/c22-17-6-8-18(9-7-17)26-10-12-27(13-11-26)21(23)25-15-20-24-14-19(28-20)16-4-2-1-3-5-16/h1-9,14H,10-13,15H2,(H2,23,25). The highest BCUT2D eigenvalue weighted by Crippen LogP contribution is 2.20. The molecule has 2 aromatic carbocycles. The fourth-order valence-electron chi connectivity index (χ4n) is 3.21. The molecule has 1 saturated heterocycles. The van der Waals surface area contributed by atoms with E-state index < -0.39 is 0 Å². The number of hydrogen-bond donors (Lipinski definition) is 1. The Morgan fingerprint density at radius 1 is 1.04 bits per heavy atom. The molecular formula is C21H22FN5O. The highest BCUT2D eigenvalue weighted by molar-refractivity contribution is 5.78. The Morgan fingerprint density at radius 2 is 1.75 bits per heavy atom. The van der Waals surface area contributed by atoms with Crippen LogP contribution >= 0.6 is 0 Å². The molecule has 28 heavy (non-hydrogen) atoms. The number of benzene rings is 2. The third-order valence-electron chi connectivity index (χ3n) is 4.78. The lowest BCUT2D eigenvalue weighted by Crippen LogP contribution is -2.51. The second-order valence-electron chi connectivity index (χ2n) is 6.61. The van der Waals surface area contributed by atoms with Crippen LogP contribution < -0.4 is 10.6 Å². The highest BCUT2D eigenvalue weighted by Gasteiger charge is 2.18. The Bertz CT molecular complexity index is 931. The molecule has 3 aromatic rings. The summed E-state index contributed by atoms with van der Waals surface area (Å²) in [7, 11) is 0. The molecule has 0 amide bonds. The Hall–Kier alpha value is -3.35. The van der Waals surface area contributed by atoms with Crippen LogP contribution in [0.15, 0.2) is 70.2 Å². The van der Waals surface area contributed by atoms with E-state index in [0.29, 0.717) is 18.4 Å². The summed E-state index contributed by atoms with van der Waals surface area (Å²) in [5.41, 5.74) is 8.16. The minimum Gasteiger partial charge on any atom is -0.439 e. The maximum Gasteiger partial charge on any atom is 0.216 e. The maximum absolute atomic E-state index is 13.1. The third kappa shape index (κ3) is 4.14. The van der Waals surface area contributed by atoms with E-state index in [1.807, 2.05) is 35.2 Å². The molecule has 0 saturated carbocycles. The topological polar surface area (TPSA) is 70.9 Å². The van der Waals surface area contributed by atoms with Gasteiger partial charge in [-0.25, -0.2) is 14.4 Å². The summed E-state index contributed by atoms with van der Waals surface area (Å²) in [4.78, 5) is 13.0. The summed E-state index contributed by atoms with van der Waals surface area (Å²) in [5, 5.41) is 0. The molecule has 1 fully saturated rings. The second kappa shape index (κ2) is 8.12. The second-order valence-corrected chi connectivity index (χ2v) is 6.61. The van der Waals surface area contributed by atoms with E-state index in [1.54, 1.807) is 18.3 Å². The Kier molecular flexibility index (Phi) is 5.23. The van der Waals surface area contributed by atoms with Gasteiger partial charge in [0.2, 0.25) is 5.89 Å². The zero-order valence-corrected chi connectivity index (χ0v) is 15.5. The Balaban J connectivity index is 1.33. The maximum atomic E-state index is 13.1. The van der Waals surface area contributed by atoms with Gasteiger partial charge in [0.15, 0.2) is 11.7 Å². The zero-order chi connectivity index (χ0) is 19.3. The van der Waals surface area contributed by atoms with Crippen molar-refractivity contribution < 1.29 is 8.81 Å². The third-order valence-corrected chi connectivity index (χ3v) is 4.78. The first-order chi connectivity index (χ1) is 13.7. The minimum atomic E-state index is -0.222. The largest absolute Gasteiger partial charge is 0.439 e. The summed E-state index contributed by atoms with van der Waals surface area (Å²) in [5.74, 6) is 1.52. The predicted octanol–water partition coefficient (Wildman–Crippen LogP) is 3.12. The van der Waals surface area contributed by atoms with Crippen LogP contribution in [-0.2, 0) is 6.54 Å². The van der Waals surface area contributed by atoms with E-state index in [0.717, 1.165) is 43.2 Å². The molecule has 2 N–H and O–H groups in total. The quantitative estimate of drug-likeness (QED) is 0.557. The lowest BCUT2D eigenvalue weighted by molar-refractivity contribution is 0.379. The zero-order valence-electron chi connectivity index (χ0n) is 15.5. The van der Waals surface area contributed by atoms with Gasteiger partial charge < -0.3 is 20.0 Å². The van der Waals surface area contributed by atoms with Gasteiger partial charge in [0, 0.05) is 37.4 Å². The monoisotopic (exact) mass is 379 g/mol. The van der Waals surface area contributed by atoms with Gasteiger partial charge in [-0.05, 0) is 24.3 Å². The summed E-state index contributed by atoms with van der Waals surface area (Å²) in [6, 6.07) is 16.4. The van der Waals surface area contributed by atoms with Crippen LogP contribution in [0.3, 0.4) is 0 Å². The molecule has 4 rings (SSSR count). The summed E-state index contributed by atoms with van der Waals surface area (Å²) >= 11 is 0. The average Bonchev–Trinajstić information content (AvgIpc) is 3.22. The summed E-state index contributed by atoms with van der Waals surface area (Å²) in [6.07, 6.45) is 1.71. The van der Waals surface area contributed by atoms with Crippen LogP contribution in [-0.4, -0.2) is 42.0 Å².